The highest BCUT2D eigenvalue weighted by atomic mass is 15.5. The van der Waals surface area contributed by atoms with E-state index in [0.717, 1.165) is 36.0 Å². The second-order valence-electron chi connectivity index (χ2n) is 6.34. The molecule has 0 amide bonds. The molecule has 1 aliphatic rings. The summed E-state index contributed by atoms with van der Waals surface area (Å²) in [6.45, 7) is 9.93. The maximum absolute atomic E-state index is 4.78. The van der Waals surface area contributed by atoms with E-state index < -0.39 is 0 Å². The average molecular weight is 375 g/mol. The molecule has 142 valence electrons. The van der Waals surface area contributed by atoms with Gasteiger partial charge in [-0.3, -0.25) is 4.98 Å². The molecule has 0 radical (unpaired) electrons. The molecule has 0 aromatic carbocycles. The van der Waals surface area contributed by atoms with Crippen LogP contribution >= 0.6 is 0 Å². The number of anilines is 1. The van der Waals surface area contributed by atoms with E-state index in [1.807, 2.05) is 26.0 Å². The molecule has 0 fully saturated rings. The topological polar surface area (TPSA) is 97.3 Å². The van der Waals surface area contributed by atoms with Crippen molar-refractivity contribution in [2.24, 2.45) is 10.1 Å². The van der Waals surface area contributed by atoms with Crippen molar-refractivity contribution < 1.29 is 0 Å². The van der Waals surface area contributed by atoms with Crippen molar-refractivity contribution in [3.05, 3.63) is 42.2 Å². The van der Waals surface area contributed by atoms with E-state index in [-0.39, 0.29) is 0 Å². The Balaban J connectivity index is 1.72. The van der Waals surface area contributed by atoms with E-state index in [0.29, 0.717) is 23.1 Å². The number of hydrogen-bond donors (Lipinski definition) is 0. The normalized spacial score (nSPS) is 14.3. The standard InChI is InChI=1S/C19H21N9/c1-5-27(6-2)16-8-7-14(12(3)22-16)23-17-13(4)26-28-18(24-25-19(17)28)15-11-20-9-10-21-15/h7-11H,5-6H2,1-4H3/b23-17-. The number of rotatable bonds is 5. The Morgan fingerprint density at radius 2 is 1.82 bits per heavy atom. The third kappa shape index (κ3) is 3.04. The quantitative estimate of drug-likeness (QED) is 0.680. The molecule has 0 spiro atoms. The molecule has 0 saturated carbocycles. The summed E-state index contributed by atoms with van der Waals surface area (Å²) in [7, 11) is 0. The first-order chi connectivity index (χ1) is 13.6. The van der Waals surface area contributed by atoms with Crippen molar-refractivity contribution in [1.29, 1.82) is 0 Å². The minimum absolute atomic E-state index is 0.541. The summed E-state index contributed by atoms with van der Waals surface area (Å²) in [6.07, 6.45) is 4.87. The summed E-state index contributed by atoms with van der Waals surface area (Å²) < 4.78 is 1.66. The van der Waals surface area contributed by atoms with E-state index in [1.165, 1.54) is 0 Å². The van der Waals surface area contributed by atoms with Gasteiger partial charge in [0.05, 0.1) is 23.3 Å². The highest BCUT2D eigenvalue weighted by Crippen LogP contribution is 2.25. The van der Waals surface area contributed by atoms with Crippen LogP contribution in [0.2, 0.25) is 0 Å². The lowest BCUT2D eigenvalue weighted by Crippen LogP contribution is -2.23. The zero-order valence-electron chi connectivity index (χ0n) is 16.3. The van der Waals surface area contributed by atoms with E-state index in [4.69, 9.17) is 9.98 Å². The van der Waals surface area contributed by atoms with Crippen LogP contribution in [0.25, 0.3) is 11.5 Å². The number of nitrogens with zero attached hydrogens (tertiary/aromatic N) is 9. The van der Waals surface area contributed by atoms with E-state index >= 15 is 0 Å². The van der Waals surface area contributed by atoms with Crippen molar-refractivity contribution in [3.63, 3.8) is 0 Å². The summed E-state index contributed by atoms with van der Waals surface area (Å²) in [5, 5.41) is 13.0. The van der Waals surface area contributed by atoms with Crippen molar-refractivity contribution in [3.8, 4) is 11.5 Å². The summed E-state index contributed by atoms with van der Waals surface area (Å²) in [4.78, 5) is 20.1. The van der Waals surface area contributed by atoms with Crippen molar-refractivity contribution in [1.82, 2.24) is 29.8 Å². The molecule has 0 N–H and O–H groups in total. The number of aliphatic imine (C=N–C) groups is 1. The maximum atomic E-state index is 4.78. The van der Waals surface area contributed by atoms with Crippen LogP contribution in [0.1, 0.15) is 32.3 Å². The molecule has 3 aromatic rings. The Labute approximate surface area is 162 Å². The number of aromatic nitrogens is 6. The average Bonchev–Trinajstić information content (AvgIpc) is 3.24. The molecule has 9 heteroatoms. The molecule has 3 aromatic heterocycles. The lowest BCUT2D eigenvalue weighted by atomic mass is 10.2. The number of fused-ring (bicyclic) bond motifs is 1. The van der Waals surface area contributed by atoms with Gasteiger partial charge in [-0.25, -0.2) is 15.0 Å². The monoisotopic (exact) mass is 375 g/mol. The zero-order valence-corrected chi connectivity index (χ0v) is 16.3. The largest absolute Gasteiger partial charge is 0.357 e. The van der Waals surface area contributed by atoms with Gasteiger partial charge in [-0.1, -0.05) is 0 Å². The molecule has 0 unspecified atom stereocenters. The molecule has 28 heavy (non-hydrogen) atoms. The van der Waals surface area contributed by atoms with E-state index in [9.17, 15) is 0 Å². The molecule has 1 aliphatic heterocycles. The van der Waals surface area contributed by atoms with Crippen LogP contribution in [-0.2, 0) is 0 Å². The van der Waals surface area contributed by atoms with Crippen LogP contribution in [-0.4, -0.2) is 54.3 Å². The molecule has 0 bridgehead atoms. The van der Waals surface area contributed by atoms with Crippen LogP contribution in [0.4, 0.5) is 11.5 Å². The van der Waals surface area contributed by atoms with Crippen LogP contribution in [0.15, 0.2) is 40.8 Å². The Bertz CT molecular complexity index is 1060. The van der Waals surface area contributed by atoms with Crippen LogP contribution in [0.5, 0.6) is 0 Å². The SMILES string of the molecule is CCN(CC)c1ccc(/N=C2/C(C)=Nn3c2nnc3-c2cnccn2)c(C)n1. The minimum Gasteiger partial charge on any atom is -0.357 e. The van der Waals surface area contributed by atoms with Gasteiger partial charge in [0.1, 0.15) is 17.2 Å². The fourth-order valence-corrected chi connectivity index (χ4v) is 3.09. The Hall–Kier alpha value is -3.49. The van der Waals surface area contributed by atoms with Crippen molar-refractivity contribution >= 4 is 22.9 Å². The van der Waals surface area contributed by atoms with E-state index in [1.54, 1.807) is 23.3 Å². The summed E-state index contributed by atoms with van der Waals surface area (Å²) in [5.41, 5.74) is 3.71. The number of aryl methyl sites for hydroxylation is 1. The Morgan fingerprint density at radius 1 is 1.04 bits per heavy atom. The second kappa shape index (κ2) is 7.26. The Morgan fingerprint density at radius 3 is 2.50 bits per heavy atom. The van der Waals surface area contributed by atoms with Gasteiger partial charge in [0.25, 0.3) is 0 Å². The number of pyridine rings is 1. The van der Waals surface area contributed by atoms with Gasteiger partial charge in [-0.2, -0.15) is 9.78 Å². The summed E-state index contributed by atoms with van der Waals surface area (Å²) >= 11 is 0. The summed E-state index contributed by atoms with van der Waals surface area (Å²) in [5.74, 6) is 2.08. The Kier molecular flexibility index (Phi) is 4.64. The molecule has 0 atom stereocenters. The van der Waals surface area contributed by atoms with Crippen LogP contribution in [0, 0.1) is 6.92 Å². The smallest absolute Gasteiger partial charge is 0.205 e. The fourth-order valence-electron chi connectivity index (χ4n) is 3.09. The minimum atomic E-state index is 0.541. The molecular weight excluding hydrogens is 354 g/mol. The van der Waals surface area contributed by atoms with Gasteiger partial charge in [-0.05, 0) is 39.8 Å². The second-order valence-corrected chi connectivity index (χ2v) is 6.34. The van der Waals surface area contributed by atoms with Gasteiger partial charge in [0, 0.05) is 25.5 Å². The van der Waals surface area contributed by atoms with Crippen LogP contribution in [0.3, 0.4) is 0 Å². The fraction of sp³-hybridized carbons (Fsp3) is 0.316. The highest BCUT2D eigenvalue weighted by Gasteiger charge is 2.27. The molecule has 0 saturated heterocycles. The first-order valence-corrected chi connectivity index (χ1v) is 9.21. The van der Waals surface area contributed by atoms with Crippen molar-refractivity contribution in [2.45, 2.75) is 27.7 Å². The predicted octanol–water partition coefficient (Wildman–Crippen LogP) is 2.64. The molecular formula is C19H21N9. The third-order valence-corrected chi connectivity index (χ3v) is 4.60. The molecule has 0 aliphatic carbocycles. The number of hydrogen-bond acceptors (Lipinski definition) is 8. The predicted molar refractivity (Wildman–Crippen MR) is 108 cm³/mol. The first-order valence-electron chi connectivity index (χ1n) is 9.21. The maximum Gasteiger partial charge on any atom is 0.205 e. The summed E-state index contributed by atoms with van der Waals surface area (Å²) in [6, 6.07) is 3.98. The van der Waals surface area contributed by atoms with E-state index in [2.05, 4.69) is 44.0 Å². The molecule has 4 heterocycles. The lowest BCUT2D eigenvalue weighted by Gasteiger charge is -2.20. The van der Waals surface area contributed by atoms with Gasteiger partial charge >= 0.3 is 0 Å². The van der Waals surface area contributed by atoms with Crippen LogP contribution < -0.4 is 4.90 Å². The van der Waals surface area contributed by atoms with Gasteiger partial charge in [-0.15, -0.1) is 10.2 Å². The van der Waals surface area contributed by atoms with Gasteiger partial charge < -0.3 is 4.90 Å². The van der Waals surface area contributed by atoms with Gasteiger partial charge in [0.15, 0.2) is 0 Å². The zero-order chi connectivity index (χ0) is 19.7. The third-order valence-electron chi connectivity index (χ3n) is 4.60. The lowest BCUT2D eigenvalue weighted by molar-refractivity contribution is 0.842. The molecule has 4 rings (SSSR count). The van der Waals surface area contributed by atoms with Crippen molar-refractivity contribution in [2.75, 3.05) is 18.0 Å². The molecule has 9 nitrogen and oxygen atoms in total. The first kappa shape index (κ1) is 17.9. The highest BCUT2D eigenvalue weighted by molar-refractivity contribution is 6.48. The van der Waals surface area contributed by atoms with Gasteiger partial charge in [0.2, 0.25) is 11.6 Å².